The Morgan fingerprint density at radius 3 is 2.89 bits per heavy atom. The second kappa shape index (κ2) is 5.10. The van der Waals surface area contributed by atoms with Crippen molar-refractivity contribution in [2.24, 2.45) is 5.41 Å². The molecule has 18 heavy (non-hydrogen) atoms. The second-order valence-corrected chi connectivity index (χ2v) is 5.13. The standard InChI is InChI=1S/C13H21N3O2/c1-5-18-11-6-7-14-12(16-11)15-9-8-10(17-4)13(9,2)3/h6-7,9-10H,5,8H2,1-4H3,(H,14,15,16). The van der Waals surface area contributed by atoms with E-state index in [0.717, 1.165) is 6.42 Å². The van der Waals surface area contributed by atoms with Crippen LogP contribution in [0.5, 0.6) is 5.88 Å². The highest BCUT2D eigenvalue weighted by atomic mass is 16.5. The zero-order chi connectivity index (χ0) is 13.2. The predicted molar refractivity (Wildman–Crippen MR) is 69.8 cm³/mol. The van der Waals surface area contributed by atoms with E-state index in [9.17, 15) is 0 Å². The maximum absolute atomic E-state index is 5.43. The van der Waals surface area contributed by atoms with Crippen LogP contribution in [0, 0.1) is 5.41 Å². The molecule has 100 valence electrons. The summed E-state index contributed by atoms with van der Waals surface area (Å²) < 4.78 is 10.8. The lowest BCUT2D eigenvalue weighted by Crippen LogP contribution is -2.57. The van der Waals surface area contributed by atoms with E-state index in [1.807, 2.05) is 6.92 Å². The summed E-state index contributed by atoms with van der Waals surface area (Å²) in [5.74, 6) is 1.23. The van der Waals surface area contributed by atoms with Gasteiger partial charge >= 0.3 is 0 Å². The maximum atomic E-state index is 5.43. The quantitative estimate of drug-likeness (QED) is 0.868. The summed E-state index contributed by atoms with van der Waals surface area (Å²) in [5.41, 5.74) is 0.0970. The molecular weight excluding hydrogens is 230 g/mol. The lowest BCUT2D eigenvalue weighted by Gasteiger charge is -2.51. The number of ether oxygens (including phenoxy) is 2. The molecule has 1 aliphatic carbocycles. The molecule has 1 fully saturated rings. The Morgan fingerprint density at radius 1 is 1.50 bits per heavy atom. The average Bonchev–Trinajstić information content (AvgIpc) is 2.35. The van der Waals surface area contributed by atoms with Crippen molar-refractivity contribution in [1.82, 2.24) is 9.97 Å². The van der Waals surface area contributed by atoms with Gasteiger partial charge in [-0.25, -0.2) is 4.98 Å². The zero-order valence-corrected chi connectivity index (χ0v) is 11.4. The van der Waals surface area contributed by atoms with E-state index in [1.54, 1.807) is 19.4 Å². The van der Waals surface area contributed by atoms with Crippen molar-refractivity contribution in [2.75, 3.05) is 19.0 Å². The lowest BCUT2D eigenvalue weighted by molar-refractivity contribution is -0.0796. The number of nitrogens with one attached hydrogen (secondary N) is 1. The van der Waals surface area contributed by atoms with E-state index >= 15 is 0 Å². The number of hydrogen-bond donors (Lipinski definition) is 1. The summed E-state index contributed by atoms with van der Waals surface area (Å²) in [5, 5.41) is 3.35. The molecule has 1 aliphatic rings. The van der Waals surface area contributed by atoms with E-state index < -0.39 is 0 Å². The molecule has 1 N–H and O–H groups in total. The Morgan fingerprint density at radius 2 is 2.28 bits per heavy atom. The van der Waals surface area contributed by atoms with Crippen LogP contribution < -0.4 is 10.1 Å². The fraction of sp³-hybridized carbons (Fsp3) is 0.692. The molecule has 2 rings (SSSR count). The molecule has 1 aromatic rings. The number of hydrogen-bond acceptors (Lipinski definition) is 5. The third kappa shape index (κ3) is 2.41. The molecule has 0 aliphatic heterocycles. The highest BCUT2D eigenvalue weighted by molar-refractivity contribution is 5.32. The number of anilines is 1. The number of aromatic nitrogens is 2. The molecule has 0 saturated heterocycles. The zero-order valence-electron chi connectivity index (χ0n) is 11.4. The predicted octanol–water partition coefficient (Wildman–Crippen LogP) is 2.10. The minimum absolute atomic E-state index is 0.0970. The molecule has 1 saturated carbocycles. The van der Waals surface area contributed by atoms with Gasteiger partial charge in [0, 0.05) is 30.8 Å². The van der Waals surface area contributed by atoms with Crippen molar-refractivity contribution in [1.29, 1.82) is 0 Å². The van der Waals surface area contributed by atoms with Crippen molar-refractivity contribution in [3.8, 4) is 5.88 Å². The van der Waals surface area contributed by atoms with Gasteiger partial charge in [-0.1, -0.05) is 13.8 Å². The van der Waals surface area contributed by atoms with Crippen molar-refractivity contribution in [3.05, 3.63) is 12.3 Å². The summed E-state index contributed by atoms with van der Waals surface area (Å²) in [4.78, 5) is 8.53. The molecule has 0 aromatic carbocycles. The van der Waals surface area contributed by atoms with Crippen LogP contribution in [0.15, 0.2) is 12.3 Å². The third-order valence-electron chi connectivity index (χ3n) is 3.69. The van der Waals surface area contributed by atoms with E-state index in [2.05, 4.69) is 29.1 Å². The van der Waals surface area contributed by atoms with Crippen molar-refractivity contribution in [2.45, 2.75) is 39.3 Å². The summed E-state index contributed by atoms with van der Waals surface area (Å²) >= 11 is 0. The first-order chi connectivity index (χ1) is 8.57. The monoisotopic (exact) mass is 251 g/mol. The van der Waals surface area contributed by atoms with Gasteiger partial charge in [0.15, 0.2) is 0 Å². The van der Waals surface area contributed by atoms with Gasteiger partial charge in [-0.2, -0.15) is 4.98 Å². The van der Waals surface area contributed by atoms with Crippen LogP contribution in [-0.4, -0.2) is 35.8 Å². The SMILES string of the molecule is CCOc1ccnc(NC2CC(OC)C2(C)C)n1. The fourth-order valence-electron chi connectivity index (χ4n) is 2.33. The number of nitrogens with zero attached hydrogens (tertiary/aromatic N) is 2. The van der Waals surface area contributed by atoms with Crippen molar-refractivity contribution in [3.63, 3.8) is 0 Å². The van der Waals surface area contributed by atoms with E-state index in [4.69, 9.17) is 9.47 Å². The Kier molecular flexibility index (Phi) is 3.71. The molecule has 0 spiro atoms. The van der Waals surface area contributed by atoms with Crippen LogP contribution in [0.3, 0.4) is 0 Å². The van der Waals surface area contributed by atoms with Crippen LogP contribution in [0.1, 0.15) is 27.2 Å². The van der Waals surface area contributed by atoms with Gasteiger partial charge in [-0.3, -0.25) is 0 Å². The number of methoxy groups -OCH3 is 1. The summed E-state index contributed by atoms with van der Waals surface area (Å²) in [6.07, 6.45) is 2.98. The Bertz CT molecular complexity index is 409. The first-order valence-corrected chi connectivity index (χ1v) is 6.33. The summed E-state index contributed by atoms with van der Waals surface area (Å²) in [6, 6.07) is 2.10. The van der Waals surface area contributed by atoms with Crippen molar-refractivity contribution >= 4 is 5.95 Å². The fourth-order valence-corrected chi connectivity index (χ4v) is 2.33. The molecule has 2 unspecified atom stereocenters. The van der Waals surface area contributed by atoms with Gasteiger partial charge in [0.1, 0.15) is 0 Å². The minimum Gasteiger partial charge on any atom is -0.478 e. The van der Waals surface area contributed by atoms with Crippen LogP contribution in [0.4, 0.5) is 5.95 Å². The second-order valence-electron chi connectivity index (χ2n) is 5.13. The first-order valence-electron chi connectivity index (χ1n) is 6.33. The summed E-state index contributed by atoms with van der Waals surface area (Å²) in [6.45, 7) is 6.92. The van der Waals surface area contributed by atoms with E-state index in [1.165, 1.54) is 0 Å². The van der Waals surface area contributed by atoms with Gasteiger partial charge in [-0.15, -0.1) is 0 Å². The van der Waals surface area contributed by atoms with Gasteiger partial charge in [-0.05, 0) is 13.3 Å². The van der Waals surface area contributed by atoms with Crippen LogP contribution in [0.2, 0.25) is 0 Å². The Balaban J connectivity index is 2.00. The molecule has 1 heterocycles. The van der Waals surface area contributed by atoms with Crippen LogP contribution in [-0.2, 0) is 4.74 Å². The highest BCUT2D eigenvalue weighted by Crippen LogP contribution is 2.43. The molecular formula is C13H21N3O2. The lowest BCUT2D eigenvalue weighted by atomic mass is 9.64. The van der Waals surface area contributed by atoms with Gasteiger partial charge in [0.25, 0.3) is 0 Å². The third-order valence-corrected chi connectivity index (χ3v) is 3.69. The summed E-state index contributed by atoms with van der Waals surface area (Å²) in [7, 11) is 1.76. The van der Waals surface area contributed by atoms with Gasteiger partial charge in [0.2, 0.25) is 11.8 Å². The Hall–Kier alpha value is -1.36. The van der Waals surface area contributed by atoms with Gasteiger partial charge < -0.3 is 14.8 Å². The largest absolute Gasteiger partial charge is 0.478 e. The van der Waals surface area contributed by atoms with E-state index in [0.29, 0.717) is 30.6 Å². The molecule has 5 heteroatoms. The molecule has 0 radical (unpaired) electrons. The highest BCUT2D eigenvalue weighted by Gasteiger charge is 2.48. The maximum Gasteiger partial charge on any atom is 0.226 e. The molecule has 0 bridgehead atoms. The normalized spacial score (nSPS) is 25.3. The molecule has 2 atom stereocenters. The topological polar surface area (TPSA) is 56.3 Å². The van der Waals surface area contributed by atoms with E-state index in [-0.39, 0.29) is 5.41 Å². The Labute approximate surface area is 108 Å². The molecule has 5 nitrogen and oxygen atoms in total. The minimum atomic E-state index is 0.0970. The molecule has 0 amide bonds. The first kappa shape index (κ1) is 13.1. The average molecular weight is 251 g/mol. The van der Waals surface area contributed by atoms with Crippen LogP contribution in [0.25, 0.3) is 0 Å². The number of rotatable bonds is 5. The van der Waals surface area contributed by atoms with Crippen LogP contribution >= 0.6 is 0 Å². The molecule has 1 aromatic heterocycles. The smallest absolute Gasteiger partial charge is 0.226 e. The van der Waals surface area contributed by atoms with Crippen molar-refractivity contribution < 1.29 is 9.47 Å². The van der Waals surface area contributed by atoms with Gasteiger partial charge in [0.05, 0.1) is 12.7 Å².